The molecule has 0 saturated heterocycles. The summed E-state index contributed by atoms with van der Waals surface area (Å²) in [4.78, 5) is 6.45. The minimum absolute atomic E-state index is 0.536. The number of nitrogens with two attached hydrogens (primary N) is 1. The highest BCUT2D eigenvalue weighted by Crippen LogP contribution is 2.38. The minimum Gasteiger partial charge on any atom is -0.382 e. The number of thiazole rings is 1. The Kier molecular flexibility index (Phi) is 2.45. The molecule has 3 N–H and O–H groups in total. The third-order valence-electron chi connectivity index (χ3n) is 2.43. The van der Waals surface area contributed by atoms with Crippen molar-refractivity contribution in [1.29, 1.82) is 0 Å². The molecule has 0 spiro atoms. The van der Waals surface area contributed by atoms with Crippen molar-refractivity contribution in [3.05, 3.63) is 28.7 Å². The van der Waals surface area contributed by atoms with Crippen LogP contribution >= 0.6 is 22.7 Å². The van der Waals surface area contributed by atoms with Crippen LogP contribution in [0, 0.1) is 6.92 Å². The maximum atomic E-state index is 5.93. The molecule has 6 heteroatoms. The number of thiophene rings is 1. The maximum absolute atomic E-state index is 5.93. The summed E-state index contributed by atoms with van der Waals surface area (Å²) in [5.74, 6) is 0.536. The molecular weight excluding hydrogens is 252 g/mol. The van der Waals surface area contributed by atoms with Gasteiger partial charge in [0.25, 0.3) is 0 Å². The fraction of sp³-hybridized carbons (Fsp3) is 0.0909. The summed E-state index contributed by atoms with van der Waals surface area (Å²) >= 11 is 3.29. The van der Waals surface area contributed by atoms with Gasteiger partial charge in [0.05, 0.1) is 21.1 Å². The van der Waals surface area contributed by atoms with Gasteiger partial charge in [-0.2, -0.15) is 5.10 Å². The first-order valence-corrected chi connectivity index (χ1v) is 6.76. The van der Waals surface area contributed by atoms with Crippen molar-refractivity contribution in [2.75, 3.05) is 5.73 Å². The second kappa shape index (κ2) is 3.97. The molecule has 0 aliphatic rings. The molecule has 0 fully saturated rings. The normalized spacial score (nSPS) is 10.9. The zero-order chi connectivity index (χ0) is 11.8. The lowest BCUT2D eigenvalue weighted by Gasteiger charge is -1.98. The van der Waals surface area contributed by atoms with Crippen molar-refractivity contribution in [3.8, 4) is 21.0 Å². The minimum atomic E-state index is 0.536. The summed E-state index contributed by atoms with van der Waals surface area (Å²) in [5.41, 5.74) is 7.86. The van der Waals surface area contributed by atoms with E-state index >= 15 is 0 Å². The van der Waals surface area contributed by atoms with Gasteiger partial charge < -0.3 is 5.73 Å². The number of aryl methyl sites for hydroxylation is 1. The number of rotatable bonds is 2. The molecule has 0 amide bonds. The molecule has 17 heavy (non-hydrogen) atoms. The van der Waals surface area contributed by atoms with Crippen molar-refractivity contribution in [2.45, 2.75) is 6.92 Å². The van der Waals surface area contributed by atoms with E-state index in [1.807, 2.05) is 30.6 Å². The molecule has 0 saturated carbocycles. The monoisotopic (exact) mass is 262 g/mol. The Morgan fingerprint density at radius 1 is 1.35 bits per heavy atom. The summed E-state index contributed by atoms with van der Waals surface area (Å²) in [6.45, 7) is 1.98. The third kappa shape index (κ3) is 1.75. The second-order valence-corrected chi connectivity index (χ2v) is 5.76. The Balaban J connectivity index is 2.19. The first-order chi connectivity index (χ1) is 8.25. The van der Waals surface area contributed by atoms with Gasteiger partial charge >= 0.3 is 0 Å². The highest BCUT2D eigenvalue weighted by atomic mass is 32.1. The molecule has 0 aromatic carbocycles. The first kappa shape index (κ1) is 10.5. The lowest BCUT2D eigenvalue weighted by atomic mass is 10.2. The van der Waals surface area contributed by atoms with Crippen molar-refractivity contribution >= 4 is 28.5 Å². The second-order valence-electron chi connectivity index (χ2n) is 3.58. The van der Waals surface area contributed by atoms with Crippen LogP contribution in [0.25, 0.3) is 21.0 Å². The number of hydrogen-bond donors (Lipinski definition) is 2. The van der Waals surface area contributed by atoms with Crippen LogP contribution < -0.4 is 5.73 Å². The van der Waals surface area contributed by atoms with Crippen molar-refractivity contribution in [2.24, 2.45) is 0 Å². The van der Waals surface area contributed by atoms with Crippen LogP contribution in [0.5, 0.6) is 0 Å². The standard InChI is InChI=1S/C11H10N4S2/c1-6-13-5-8(17-6)10-9(11(12)15-14-10)7-3-2-4-16-7/h2-5H,1H3,(H3,12,14,15). The molecule has 3 rings (SSSR count). The molecule has 4 nitrogen and oxygen atoms in total. The summed E-state index contributed by atoms with van der Waals surface area (Å²) in [5, 5.41) is 10.2. The van der Waals surface area contributed by atoms with Gasteiger partial charge in [-0.1, -0.05) is 6.07 Å². The molecule has 3 aromatic heterocycles. The topological polar surface area (TPSA) is 67.6 Å². The van der Waals surface area contributed by atoms with Gasteiger partial charge in [-0.3, -0.25) is 5.10 Å². The van der Waals surface area contributed by atoms with Gasteiger partial charge in [0, 0.05) is 11.1 Å². The molecule has 3 heterocycles. The summed E-state index contributed by atoms with van der Waals surface area (Å²) < 4.78 is 0. The Bertz CT molecular complexity index is 636. The average Bonchev–Trinajstić information content (AvgIpc) is 2.97. The van der Waals surface area contributed by atoms with Crippen molar-refractivity contribution < 1.29 is 0 Å². The lowest BCUT2D eigenvalue weighted by Crippen LogP contribution is -1.86. The van der Waals surface area contributed by atoms with E-state index in [1.54, 1.807) is 22.7 Å². The van der Waals surface area contributed by atoms with E-state index in [0.29, 0.717) is 5.82 Å². The van der Waals surface area contributed by atoms with Gasteiger partial charge in [0.2, 0.25) is 0 Å². The number of anilines is 1. The summed E-state index contributed by atoms with van der Waals surface area (Å²) in [6.07, 6.45) is 1.85. The Hall–Kier alpha value is -1.66. The van der Waals surface area contributed by atoms with Crippen LogP contribution in [-0.2, 0) is 0 Å². The van der Waals surface area contributed by atoms with Crippen molar-refractivity contribution in [1.82, 2.24) is 15.2 Å². The van der Waals surface area contributed by atoms with E-state index in [1.165, 1.54) is 0 Å². The smallest absolute Gasteiger partial charge is 0.154 e. The predicted molar refractivity (Wildman–Crippen MR) is 72.2 cm³/mol. The number of hydrogen-bond acceptors (Lipinski definition) is 5. The van der Waals surface area contributed by atoms with Crippen LogP contribution in [0.1, 0.15) is 5.01 Å². The molecule has 0 aliphatic carbocycles. The van der Waals surface area contributed by atoms with Crippen LogP contribution in [0.4, 0.5) is 5.82 Å². The summed E-state index contributed by atoms with van der Waals surface area (Å²) in [6, 6.07) is 4.05. The fourth-order valence-corrected chi connectivity index (χ4v) is 3.25. The van der Waals surface area contributed by atoms with Gasteiger partial charge in [-0.25, -0.2) is 4.98 Å². The van der Waals surface area contributed by atoms with E-state index in [2.05, 4.69) is 15.2 Å². The molecule has 0 radical (unpaired) electrons. The quantitative estimate of drug-likeness (QED) is 0.745. The number of nitrogens with zero attached hydrogens (tertiary/aromatic N) is 2. The van der Waals surface area contributed by atoms with Gasteiger partial charge in [-0.05, 0) is 18.4 Å². The maximum Gasteiger partial charge on any atom is 0.154 e. The third-order valence-corrected chi connectivity index (χ3v) is 4.25. The van der Waals surface area contributed by atoms with Gasteiger partial charge in [0.1, 0.15) is 0 Å². The molecule has 86 valence electrons. The van der Waals surface area contributed by atoms with Gasteiger partial charge in [-0.15, -0.1) is 22.7 Å². The van der Waals surface area contributed by atoms with Crippen LogP contribution in [0.3, 0.4) is 0 Å². The van der Waals surface area contributed by atoms with Gasteiger partial charge in [0.15, 0.2) is 5.82 Å². The van der Waals surface area contributed by atoms with Crippen LogP contribution in [-0.4, -0.2) is 15.2 Å². The van der Waals surface area contributed by atoms with Crippen LogP contribution in [0.2, 0.25) is 0 Å². The van der Waals surface area contributed by atoms with E-state index in [9.17, 15) is 0 Å². The molecule has 0 atom stereocenters. The average molecular weight is 262 g/mol. The fourth-order valence-electron chi connectivity index (χ4n) is 1.68. The lowest BCUT2D eigenvalue weighted by molar-refractivity contribution is 1.10. The molecule has 0 aliphatic heterocycles. The van der Waals surface area contributed by atoms with Crippen LogP contribution in [0.15, 0.2) is 23.7 Å². The molecule has 0 bridgehead atoms. The highest BCUT2D eigenvalue weighted by Gasteiger charge is 2.16. The number of H-pyrrole nitrogens is 1. The Morgan fingerprint density at radius 3 is 2.88 bits per heavy atom. The highest BCUT2D eigenvalue weighted by molar-refractivity contribution is 7.15. The Morgan fingerprint density at radius 2 is 2.24 bits per heavy atom. The predicted octanol–water partition coefficient (Wildman–Crippen LogP) is 3.15. The Labute approximate surface area is 106 Å². The van der Waals surface area contributed by atoms with E-state index in [0.717, 1.165) is 26.0 Å². The van der Waals surface area contributed by atoms with Crippen molar-refractivity contribution in [3.63, 3.8) is 0 Å². The number of nitrogen functional groups attached to an aromatic ring is 1. The largest absolute Gasteiger partial charge is 0.382 e. The zero-order valence-electron chi connectivity index (χ0n) is 9.10. The number of aromatic nitrogens is 3. The molecular formula is C11H10N4S2. The number of nitrogens with one attached hydrogen (secondary N) is 1. The number of aromatic amines is 1. The zero-order valence-corrected chi connectivity index (χ0v) is 10.7. The molecule has 3 aromatic rings. The van der Waals surface area contributed by atoms with E-state index in [-0.39, 0.29) is 0 Å². The van der Waals surface area contributed by atoms with E-state index in [4.69, 9.17) is 5.73 Å². The summed E-state index contributed by atoms with van der Waals surface area (Å²) in [7, 11) is 0. The van der Waals surface area contributed by atoms with E-state index < -0.39 is 0 Å². The molecule has 0 unspecified atom stereocenters. The first-order valence-electron chi connectivity index (χ1n) is 5.06. The SMILES string of the molecule is Cc1ncc(-c2[nH]nc(N)c2-c2cccs2)s1.